The number of furan rings is 1. The van der Waals surface area contributed by atoms with Crippen molar-refractivity contribution in [2.24, 2.45) is 0 Å². The number of nitrogens with zero attached hydrogens (tertiary/aromatic N) is 3. The molecule has 0 aliphatic carbocycles. The standard InChI is InChI=1S/C24H20ClN3O4S/c25-17-5-3-6-18(15-17)33(30,31)28-12-10-27(11-13-28)24(29)20-16-22(23-9-4-14-32-23)26-21-8-2-1-7-19(20)21/h1-9,14-16H,10-13H2. The van der Waals surface area contributed by atoms with Crippen LogP contribution in [0.1, 0.15) is 10.4 Å². The van der Waals surface area contributed by atoms with Crippen molar-refractivity contribution < 1.29 is 17.6 Å². The average Bonchev–Trinajstić information content (AvgIpc) is 3.38. The molecule has 168 valence electrons. The summed E-state index contributed by atoms with van der Waals surface area (Å²) >= 11 is 5.97. The fourth-order valence-corrected chi connectivity index (χ4v) is 5.70. The summed E-state index contributed by atoms with van der Waals surface area (Å²) in [4.78, 5) is 19.9. The van der Waals surface area contributed by atoms with Gasteiger partial charge in [0, 0.05) is 36.6 Å². The minimum Gasteiger partial charge on any atom is -0.463 e. The van der Waals surface area contributed by atoms with Gasteiger partial charge in [0.1, 0.15) is 5.69 Å². The molecule has 1 fully saturated rings. The molecule has 2 aromatic heterocycles. The number of pyridine rings is 1. The van der Waals surface area contributed by atoms with Gasteiger partial charge in [0.05, 0.1) is 22.2 Å². The number of rotatable bonds is 4. The predicted molar refractivity (Wildman–Crippen MR) is 126 cm³/mol. The lowest BCUT2D eigenvalue weighted by Crippen LogP contribution is -2.50. The molecule has 33 heavy (non-hydrogen) atoms. The summed E-state index contributed by atoms with van der Waals surface area (Å²) in [5.41, 5.74) is 1.78. The highest BCUT2D eigenvalue weighted by molar-refractivity contribution is 7.89. The van der Waals surface area contributed by atoms with Gasteiger partial charge in [-0.05, 0) is 42.5 Å². The topological polar surface area (TPSA) is 83.7 Å². The second-order valence-electron chi connectivity index (χ2n) is 7.70. The summed E-state index contributed by atoms with van der Waals surface area (Å²) in [6.07, 6.45) is 1.56. The van der Waals surface area contributed by atoms with E-state index in [1.54, 1.807) is 41.5 Å². The zero-order chi connectivity index (χ0) is 23.0. The van der Waals surface area contributed by atoms with Crippen LogP contribution < -0.4 is 0 Å². The SMILES string of the molecule is O=C(c1cc(-c2ccco2)nc2ccccc12)N1CCN(S(=O)(=O)c2cccc(Cl)c2)CC1. The molecule has 0 unspecified atom stereocenters. The Morgan fingerprint density at radius 1 is 0.939 bits per heavy atom. The Bertz CT molecular complexity index is 1430. The number of hydrogen-bond donors (Lipinski definition) is 0. The van der Waals surface area contributed by atoms with E-state index in [2.05, 4.69) is 4.98 Å². The molecular weight excluding hydrogens is 462 g/mol. The Kier molecular flexibility index (Phi) is 5.65. The number of amides is 1. The van der Waals surface area contributed by atoms with Crippen LogP contribution in [0.2, 0.25) is 5.02 Å². The summed E-state index contributed by atoms with van der Waals surface area (Å²) in [5, 5.41) is 1.11. The zero-order valence-corrected chi connectivity index (χ0v) is 19.1. The number of halogens is 1. The molecule has 4 aromatic rings. The van der Waals surface area contributed by atoms with Gasteiger partial charge in [0.15, 0.2) is 5.76 Å². The van der Waals surface area contributed by atoms with Crippen molar-refractivity contribution in [1.82, 2.24) is 14.2 Å². The van der Waals surface area contributed by atoms with Gasteiger partial charge in [-0.15, -0.1) is 0 Å². The molecule has 1 saturated heterocycles. The van der Waals surface area contributed by atoms with Crippen molar-refractivity contribution in [1.29, 1.82) is 0 Å². The molecule has 2 aromatic carbocycles. The number of para-hydroxylation sites is 1. The fraction of sp³-hybridized carbons (Fsp3) is 0.167. The smallest absolute Gasteiger partial charge is 0.254 e. The van der Waals surface area contributed by atoms with Crippen molar-refractivity contribution in [2.75, 3.05) is 26.2 Å². The molecule has 0 bridgehead atoms. The lowest BCUT2D eigenvalue weighted by Gasteiger charge is -2.34. The Hall–Kier alpha value is -3.20. The first-order valence-electron chi connectivity index (χ1n) is 10.4. The number of fused-ring (bicyclic) bond motifs is 1. The van der Waals surface area contributed by atoms with E-state index in [1.165, 1.54) is 16.4 Å². The quantitative estimate of drug-likeness (QED) is 0.434. The van der Waals surface area contributed by atoms with Gasteiger partial charge in [0.25, 0.3) is 5.91 Å². The highest BCUT2D eigenvalue weighted by Crippen LogP contribution is 2.27. The van der Waals surface area contributed by atoms with Crippen molar-refractivity contribution in [3.63, 3.8) is 0 Å². The normalized spacial score (nSPS) is 15.1. The summed E-state index contributed by atoms with van der Waals surface area (Å²) < 4.78 is 32.8. The van der Waals surface area contributed by atoms with Crippen molar-refractivity contribution in [3.05, 3.63) is 83.6 Å². The Labute approximate surface area is 196 Å². The molecule has 0 atom stereocenters. The van der Waals surface area contributed by atoms with Crippen LogP contribution in [0.5, 0.6) is 0 Å². The number of hydrogen-bond acceptors (Lipinski definition) is 5. The average molecular weight is 482 g/mol. The van der Waals surface area contributed by atoms with Gasteiger partial charge in [-0.1, -0.05) is 35.9 Å². The third kappa shape index (κ3) is 4.13. The van der Waals surface area contributed by atoms with Crippen molar-refractivity contribution in [2.45, 2.75) is 4.90 Å². The molecule has 3 heterocycles. The molecule has 7 nitrogen and oxygen atoms in total. The van der Waals surface area contributed by atoms with Crippen LogP contribution in [0, 0.1) is 0 Å². The summed E-state index contributed by atoms with van der Waals surface area (Å²) in [5.74, 6) is 0.411. The van der Waals surface area contributed by atoms with Gasteiger partial charge in [-0.3, -0.25) is 4.79 Å². The summed E-state index contributed by atoms with van der Waals surface area (Å²) in [7, 11) is -3.68. The van der Waals surface area contributed by atoms with Crippen molar-refractivity contribution in [3.8, 4) is 11.5 Å². The maximum atomic E-state index is 13.5. The molecule has 5 rings (SSSR count). The lowest BCUT2D eigenvalue weighted by atomic mass is 10.1. The molecule has 1 aliphatic rings. The minimum atomic E-state index is -3.68. The van der Waals surface area contributed by atoms with E-state index in [1.807, 2.05) is 24.3 Å². The van der Waals surface area contributed by atoms with Crippen LogP contribution in [0.25, 0.3) is 22.4 Å². The Morgan fingerprint density at radius 2 is 1.73 bits per heavy atom. The highest BCUT2D eigenvalue weighted by atomic mass is 35.5. The van der Waals surface area contributed by atoms with Gasteiger partial charge >= 0.3 is 0 Å². The van der Waals surface area contributed by atoms with E-state index >= 15 is 0 Å². The molecule has 0 radical (unpaired) electrons. The second kappa shape index (κ2) is 8.62. The van der Waals surface area contributed by atoms with E-state index in [-0.39, 0.29) is 37.0 Å². The second-order valence-corrected chi connectivity index (χ2v) is 10.1. The molecule has 1 aliphatic heterocycles. The monoisotopic (exact) mass is 481 g/mol. The number of carbonyl (C=O) groups is 1. The molecule has 9 heteroatoms. The number of benzene rings is 2. The summed E-state index contributed by atoms with van der Waals surface area (Å²) in [6.45, 7) is 0.972. The minimum absolute atomic E-state index is 0.151. The third-order valence-corrected chi connectivity index (χ3v) is 7.81. The zero-order valence-electron chi connectivity index (χ0n) is 17.5. The van der Waals surface area contributed by atoms with E-state index in [9.17, 15) is 13.2 Å². The third-order valence-electron chi connectivity index (χ3n) is 5.68. The van der Waals surface area contributed by atoms with Gasteiger partial charge in [-0.2, -0.15) is 4.31 Å². The fourth-order valence-electron chi connectivity index (χ4n) is 3.98. The number of sulfonamides is 1. The number of piperazine rings is 1. The number of aromatic nitrogens is 1. The van der Waals surface area contributed by atoms with E-state index < -0.39 is 10.0 Å². The van der Waals surface area contributed by atoms with Crippen LogP contribution >= 0.6 is 11.6 Å². The van der Waals surface area contributed by atoms with E-state index in [0.29, 0.717) is 27.6 Å². The lowest BCUT2D eigenvalue weighted by molar-refractivity contribution is 0.0700. The van der Waals surface area contributed by atoms with E-state index in [4.69, 9.17) is 16.0 Å². The van der Waals surface area contributed by atoms with Crippen molar-refractivity contribution >= 4 is 38.4 Å². The van der Waals surface area contributed by atoms with Crippen LogP contribution in [-0.2, 0) is 10.0 Å². The Balaban J connectivity index is 1.40. The van der Waals surface area contributed by atoms with E-state index in [0.717, 1.165) is 5.39 Å². The molecule has 0 N–H and O–H groups in total. The van der Waals surface area contributed by atoms with Gasteiger partial charge < -0.3 is 9.32 Å². The number of carbonyl (C=O) groups excluding carboxylic acids is 1. The highest BCUT2D eigenvalue weighted by Gasteiger charge is 2.31. The molecular formula is C24H20ClN3O4S. The van der Waals surface area contributed by atoms with Crippen LogP contribution in [0.3, 0.4) is 0 Å². The van der Waals surface area contributed by atoms with Gasteiger partial charge in [0.2, 0.25) is 10.0 Å². The van der Waals surface area contributed by atoms with Gasteiger partial charge in [-0.25, -0.2) is 13.4 Å². The van der Waals surface area contributed by atoms with Crippen LogP contribution in [-0.4, -0.2) is 54.7 Å². The van der Waals surface area contributed by atoms with Crippen LogP contribution in [0.4, 0.5) is 0 Å². The first kappa shape index (κ1) is 21.6. The first-order chi connectivity index (χ1) is 15.9. The maximum absolute atomic E-state index is 13.5. The Morgan fingerprint density at radius 3 is 2.45 bits per heavy atom. The maximum Gasteiger partial charge on any atom is 0.254 e. The molecule has 0 saturated carbocycles. The largest absolute Gasteiger partial charge is 0.463 e. The molecule has 0 spiro atoms. The first-order valence-corrected chi connectivity index (χ1v) is 12.2. The van der Waals surface area contributed by atoms with Crippen LogP contribution in [0.15, 0.2) is 82.3 Å². The summed E-state index contributed by atoms with van der Waals surface area (Å²) in [6, 6.07) is 19.0. The predicted octanol–water partition coefficient (Wildman–Crippen LogP) is 4.29. The molecule has 1 amide bonds.